The lowest BCUT2D eigenvalue weighted by Gasteiger charge is -2.30. The molecule has 1 rings (SSSR count). The van der Waals surface area contributed by atoms with Crippen molar-refractivity contribution in [1.29, 1.82) is 0 Å². The summed E-state index contributed by atoms with van der Waals surface area (Å²) in [5.74, 6) is 0. The molecule has 1 heterocycles. The van der Waals surface area contributed by atoms with Gasteiger partial charge in [-0.05, 0) is 12.8 Å². The van der Waals surface area contributed by atoms with Crippen LogP contribution in [0.25, 0.3) is 0 Å². The van der Waals surface area contributed by atoms with E-state index in [1.54, 1.807) is 25.6 Å². The van der Waals surface area contributed by atoms with Crippen LogP contribution in [0.15, 0.2) is 0 Å². The molecule has 1 aromatic heterocycles. The Hall–Kier alpha value is -0.690. The topological polar surface area (TPSA) is 54.8 Å². The second-order valence-electron chi connectivity index (χ2n) is 4.61. The fraction of sp³-hybridized carbons (Fsp3) is 0.786. The average molecular weight is 302 g/mol. The Morgan fingerprint density at radius 3 is 2.45 bits per heavy atom. The maximum Gasteiger partial charge on any atom is 0.186 e. The zero-order chi connectivity index (χ0) is 15.0. The Morgan fingerprint density at radius 2 is 1.95 bits per heavy atom. The van der Waals surface area contributed by atoms with E-state index in [9.17, 15) is 5.11 Å². The van der Waals surface area contributed by atoms with E-state index in [4.69, 9.17) is 9.47 Å². The predicted molar refractivity (Wildman–Crippen MR) is 82.3 cm³/mol. The lowest BCUT2D eigenvalue weighted by molar-refractivity contribution is 0.178. The van der Waals surface area contributed by atoms with Gasteiger partial charge in [0.1, 0.15) is 0 Å². The van der Waals surface area contributed by atoms with E-state index in [2.05, 4.69) is 23.7 Å². The predicted octanol–water partition coefficient (Wildman–Crippen LogP) is 2.42. The van der Waals surface area contributed by atoms with Gasteiger partial charge in [0.25, 0.3) is 0 Å². The third kappa shape index (κ3) is 4.41. The first kappa shape index (κ1) is 17.4. The standard InChI is InChI=1S/C14H26N2O3S/c1-5-11(6-2)16(7-8-18-3)14-15-12(10-19-4)13(9-17)20-14/h11,17H,5-10H2,1-4H3. The van der Waals surface area contributed by atoms with Gasteiger partial charge in [0, 0.05) is 26.8 Å². The van der Waals surface area contributed by atoms with Crippen LogP contribution in [0.4, 0.5) is 5.13 Å². The lowest BCUT2D eigenvalue weighted by Crippen LogP contribution is -2.37. The van der Waals surface area contributed by atoms with Gasteiger partial charge in [-0.1, -0.05) is 25.2 Å². The molecule has 0 aliphatic rings. The summed E-state index contributed by atoms with van der Waals surface area (Å²) >= 11 is 1.55. The maximum atomic E-state index is 9.44. The van der Waals surface area contributed by atoms with Crippen molar-refractivity contribution in [3.05, 3.63) is 10.6 Å². The summed E-state index contributed by atoms with van der Waals surface area (Å²) in [6.45, 7) is 6.30. The summed E-state index contributed by atoms with van der Waals surface area (Å²) in [6.07, 6.45) is 2.13. The highest BCUT2D eigenvalue weighted by Gasteiger charge is 2.21. The van der Waals surface area contributed by atoms with Crippen molar-refractivity contribution in [2.75, 3.05) is 32.3 Å². The summed E-state index contributed by atoms with van der Waals surface area (Å²) in [6, 6.07) is 0.443. The minimum absolute atomic E-state index is 0.0113. The summed E-state index contributed by atoms with van der Waals surface area (Å²) in [4.78, 5) is 7.81. The molecule has 0 fully saturated rings. The molecule has 0 aliphatic carbocycles. The highest BCUT2D eigenvalue weighted by Crippen LogP contribution is 2.29. The van der Waals surface area contributed by atoms with Crippen molar-refractivity contribution in [2.45, 2.75) is 45.9 Å². The Labute approximate surface area is 125 Å². The normalized spacial score (nSPS) is 11.3. The minimum atomic E-state index is 0.0113. The van der Waals surface area contributed by atoms with Gasteiger partial charge in [0.15, 0.2) is 5.13 Å². The van der Waals surface area contributed by atoms with Crippen molar-refractivity contribution >= 4 is 16.5 Å². The van der Waals surface area contributed by atoms with E-state index >= 15 is 0 Å². The van der Waals surface area contributed by atoms with Crippen LogP contribution in [0.2, 0.25) is 0 Å². The van der Waals surface area contributed by atoms with Gasteiger partial charge in [-0.25, -0.2) is 4.98 Å². The molecule has 0 atom stereocenters. The monoisotopic (exact) mass is 302 g/mol. The van der Waals surface area contributed by atoms with E-state index in [-0.39, 0.29) is 6.61 Å². The number of methoxy groups -OCH3 is 2. The average Bonchev–Trinajstić information content (AvgIpc) is 2.86. The number of thiazole rings is 1. The van der Waals surface area contributed by atoms with Crippen LogP contribution in [0, 0.1) is 0 Å². The third-order valence-corrected chi connectivity index (χ3v) is 4.48. The van der Waals surface area contributed by atoms with Crippen LogP contribution in [0.5, 0.6) is 0 Å². The van der Waals surface area contributed by atoms with E-state index < -0.39 is 0 Å². The fourth-order valence-corrected chi connectivity index (χ4v) is 3.24. The molecule has 0 unspecified atom stereocenters. The molecule has 0 bridgehead atoms. The highest BCUT2D eigenvalue weighted by atomic mass is 32.1. The molecular formula is C14H26N2O3S. The zero-order valence-corrected chi connectivity index (χ0v) is 13.7. The van der Waals surface area contributed by atoms with E-state index in [0.29, 0.717) is 19.3 Å². The van der Waals surface area contributed by atoms with E-state index in [1.807, 2.05) is 0 Å². The Bertz CT molecular complexity index is 380. The first-order chi connectivity index (χ1) is 9.71. The van der Waals surface area contributed by atoms with Crippen LogP contribution in [-0.2, 0) is 22.7 Å². The number of aliphatic hydroxyl groups excluding tert-OH is 1. The van der Waals surface area contributed by atoms with Crippen LogP contribution in [-0.4, -0.2) is 43.5 Å². The first-order valence-electron chi connectivity index (χ1n) is 7.05. The molecule has 20 heavy (non-hydrogen) atoms. The third-order valence-electron chi connectivity index (χ3n) is 3.36. The van der Waals surface area contributed by atoms with Gasteiger partial charge in [0.2, 0.25) is 0 Å². The maximum absolute atomic E-state index is 9.44. The van der Waals surface area contributed by atoms with Gasteiger partial charge in [-0.3, -0.25) is 0 Å². The molecule has 6 heteroatoms. The smallest absolute Gasteiger partial charge is 0.186 e. The van der Waals surface area contributed by atoms with Crippen molar-refractivity contribution in [3.63, 3.8) is 0 Å². The number of aromatic nitrogens is 1. The summed E-state index contributed by atoms with van der Waals surface area (Å²) in [5.41, 5.74) is 0.836. The minimum Gasteiger partial charge on any atom is -0.391 e. The Kier molecular flexibility index (Phi) is 8.06. The molecule has 116 valence electrons. The molecule has 0 saturated carbocycles. The largest absolute Gasteiger partial charge is 0.391 e. The van der Waals surface area contributed by atoms with Crippen LogP contribution >= 0.6 is 11.3 Å². The van der Waals surface area contributed by atoms with Crippen molar-refractivity contribution < 1.29 is 14.6 Å². The van der Waals surface area contributed by atoms with Crippen LogP contribution in [0.3, 0.4) is 0 Å². The van der Waals surface area contributed by atoms with E-state index in [0.717, 1.165) is 35.1 Å². The molecule has 0 saturated heterocycles. The second kappa shape index (κ2) is 9.28. The quantitative estimate of drug-likeness (QED) is 0.719. The first-order valence-corrected chi connectivity index (χ1v) is 7.87. The number of hydrogen-bond donors (Lipinski definition) is 1. The number of hydrogen-bond acceptors (Lipinski definition) is 6. The van der Waals surface area contributed by atoms with Crippen molar-refractivity contribution in [1.82, 2.24) is 4.98 Å². The fourth-order valence-electron chi connectivity index (χ4n) is 2.22. The highest BCUT2D eigenvalue weighted by molar-refractivity contribution is 7.15. The van der Waals surface area contributed by atoms with Crippen LogP contribution < -0.4 is 4.90 Å². The molecule has 1 aromatic rings. The van der Waals surface area contributed by atoms with Crippen LogP contribution in [0.1, 0.15) is 37.3 Å². The number of rotatable bonds is 10. The SMILES string of the molecule is CCC(CC)N(CCOC)c1nc(COC)c(CO)s1. The molecule has 5 nitrogen and oxygen atoms in total. The number of anilines is 1. The van der Waals surface area contributed by atoms with Gasteiger partial charge >= 0.3 is 0 Å². The molecule has 1 N–H and O–H groups in total. The summed E-state index contributed by atoms with van der Waals surface area (Å²) in [5, 5.41) is 10.4. The molecular weight excluding hydrogens is 276 g/mol. The van der Waals surface area contributed by atoms with E-state index in [1.165, 1.54) is 0 Å². The second-order valence-corrected chi connectivity index (χ2v) is 5.68. The lowest BCUT2D eigenvalue weighted by atomic mass is 10.1. The zero-order valence-electron chi connectivity index (χ0n) is 12.9. The Morgan fingerprint density at radius 1 is 1.25 bits per heavy atom. The number of ether oxygens (including phenoxy) is 2. The molecule has 0 aliphatic heterocycles. The number of aliphatic hydroxyl groups is 1. The summed E-state index contributed by atoms with van der Waals surface area (Å²) in [7, 11) is 3.35. The molecule has 0 amide bonds. The van der Waals surface area contributed by atoms with Gasteiger partial charge in [0.05, 0.1) is 30.4 Å². The Balaban J connectivity index is 2.99. The summed E-state index contributed by atoms with van der Waals surface area (Å²) < 4.78 is 10.4. The molecule has 0 aromatic carbocycles. The van der Waals surface area contributed by atoms with Gasteiger partial charge < -0.3 is 19.5 Å². The van der Waals surface area contributed by atoms with Crippen molar-refractivity contribution in [2.24, 2.45) is 0 Å². The molecule has 0 radical (unpaired) electrons. The van der Waals surface area contributed by atoms with Gasteiger partial charge in [-0.15, -0.1) is 0 Å². The number of nitrogens with zero attached hydrogens (tertiary/aromatic N) is 2. The van der Waals surface area contributed by atoms with Crippen molar-refractivity contribution in [3.8, 4) is 0 Å². The molecule has 0 spiro atoms. The van der Waals surface area contributed by atoms with Gasteiger partial charge in [-0.2, -0.15) is 0 Å².